The molecule has 0 aromatic carbocycles. The molecule has 100 valence electrons. The zero-order valence-corrected chi connectivity index (χ0v) is 11.2. The van der Waals surface area contributed by atoms with Crippen LogP contribution in [-0.2, 0) is 0 Å². The molecule has 2 rings (SSSR count). The Hall–Kier alpha value is -0.0800. The molecule has 0 aromatic rings. The number of hydrogen-bond acceptors (Lipinski definition) is 2. The number of hydrogen-bond donors (Lipinski definition) is 2. The lowest BCUT2D eigenvalue weighted by Gasteiger charge is -2.28. The standard InChI is InChI=1S/C15H30N2/c16-10-12-3-1-5-14(6-2-4-12)15-8-7-13(9-15)11-17/h12-15H,1-11,16-17H2. The normalized spacial score (nSPS) is 39.9. The van der Waals surface area contributed by atoms with E-state index in [2.05, 4.69) is 0 Å². The van der Waals surface area contributed by atoms with Gasteiger partial charge in [0.15, 0.2) is 0 Å². The molecular weight excluding hydrogens is 208 g/mol. The van der Waals surface area contributed by atoms with Gasteiger partial charge in [0.25, 0.3) is 0 Å². The summed E-state index contributed by atoms with van der Waals surface area (Å²) in [5, 5.41) is 0. The molecule has 17 heavy (non-hydrogen) atoms. The number of rotatable bonds is 3. The molecule has 2 heteroatoms. The minimum atomic E-state index is 0.816. The molecule has 2 atom stereocenters. The first-order valence-electron chi connectivity index (χ1n) is 7.73. The molecule has 0 spiro atoms. The van der Waals surface area contributed by atoms with Crippen LogP contribution in [-0.4, -0.2) is 13.1 Å². The Labute approximate surface area is 107 Å². The van der Waals surface area contributed by atoms with Crippen molar-refractivity contribution in [2.75, 3.05) is 13.1 Å². The van der Waals surface area contributed by atoms with Gasteiger partial charge in [-0.1, -0.05) is 25.7 Å². The van der Waals surface area contributed by atoms with Crippen molar-refractivity contribution in [2.45, 2.75) is 57.8 Å². The van der Waals surface area contributed by atoms with Gasteiger partial charge in [-0.2, -0.15) is 0 Å². The molecule has 2 aliphatic rings. The van der Waals surface area contributed by atoms with E-state index in [4.69, 9.17) is 11.5 Å². The van der Waals surface area contributed by atoms with Crippen LogP contribution >= 0.6 is 0 Å². The highest BCUT2D eigenvalue weighted by molar-refractivity contribution is 4.82. The lowest BCUT2D eigenvalue weighted by Crippen LogP contribution is -2.20. The molecule has 2 aliphatic carbocycles. The van der Waals surface area contributed by atoms with Gasteiger partial charge in [-0.15, -0.1) is 0 Å². The van der Waals surface area contributed by atoms with Crippen LogP contribution in [0.2, 0.25) is 0 Å². The third kappa shape index (κ3) is 3.69. The first kappa shape index (κ1) is 13.4. The van der Waals surface area contributed by atoms with E-state index in [1.54, 1.807) is 0 Å². The van der Waals surface area contributed by atoms with E-state index in [9.17, 15) is 0 Å². The van der Waals surface area contributed by atoms with Gasteiger partial charge in [-0.3, -0.25) is 0 Å². The van der Waals surface area contributed by atoms with Gasteiger partial charge in [-0.05, 0) is 68.9 Å². The van der Waals surface area contributed by atoms with Gasteiger partial charge >= 0.3 is 0 Å². The second-order valence-corrected chi connectivity index (χ2v) is 6.40. The summed E-state index contributed by atoms with van der Waals surface area (Å²) in [4.78, 5) is 0. The molecule has 0 saturated heterocycles. The highest BCUT2D eigenvalue weighted by Crippen LogP contribution is 2.40. The molecule has 2 saturated carbocycles. The fourth-order valence-electron chi connectivity index (χ4n) is 4.09. The maximum Gasteiger partial charge on any atom is -0.00488 e. The smallest absolute Gasteiger partial charge is 0.00488 e. The van der Waals surface area contributed by atoms with Crippen molar-refractivity contribution in [2.24, 2.45) is 35.1 Å². The third-order valence-corrected chi connectivity index (χ3v) is 5.29. The summed E-state index contributed by atoms with van der Waals surface area (Å²) in [5.74, 6) is 3.65. The SMILES string of the molecule is NCC1CCCC(C2CCC(CN)C2)CCC1. The van der Waals surface area contributed by atoms with Crippen molar-refractivity contribution in [1.82, 2.24) is 0 Å². The van der Waals surface area contributed by atoms with Crippen molar-refractivity contribution in [1.29, 1.82) is 0 Å². The molecule has 4 N–H and O–H groups in total. The fourth-order valence-corrected chi connectivity index (χ4v) is 4.09. The summed E-state index contributed by atoms with van der Waals surface area (Å²) >= 11 is 0. The lowest BCUT2D eigenvalue weighted by atomic mass is 9.78. The monoisotopic (exact) mass is 238 g/mol. The van der Waals surface area contributed by atoms with Crippen molar-refractivity contribution >= 4 is 0 Å². The fraction of sp³-hybridized carbons (Fsp3) is 1.00. The van der Waals surface area contributed by atoms with E-state index in [-0.39, 0.29) is 0 Å². The van der Waals surface area contributed by atoms with Gasteiger partial charge in [0, 0.05) is 0 Å². The van der Waals surface area contributed by atoms with Crippen LogP contribution < -0.4 is 11.5 Å². The minimum Gasteiger partial charge on any atom is -0.330 e. The minimum absolute atomic E-state index is 0.816. The van der Waals surface area contributed by atoms with E-state index in [0.717, 1.165) is 36.8 Å². The Morgan fingerprint density at radius 1 is 0.647 bits per heavy atom. The molecule has 0 bridgehead atoms. The largest absolute Gasteiger partial charge is 0.330 e. The third-order valence-electron chi connectivity index (χ3n) is 5.29. The quantitative estimate of drug-likeness (QED) is 0.794. The molecular formula is C15H30N2. The van der Waals surface area contributed by atoms with E-state index in [1.807, 2.05) is 0 Å². The topological polar surface area (TPSA) is 52.0 Å². The average Bonchev–Trinajstić information content (AvgIpc) is 2.77. The van der Waals surface area contributed by atoms with Crippen molar-refractivity contribution < 1.29 is 0 Å². The summed E-state index contributed by atoms with van der Waals surface area (Å²) in [7, 11) is 0. The summed E-state index contributed by atoms with van der Waals surface area (Å²) in [5.41, 5.74) is 11.6. The van der Waals surface area contributed by atoms with E-state index in [0.29, 0.717) is 0 Å². The zero-order valence-electron chi connectivity index (χ0n) is 11.2. The highest BCUT2D eigenvalue weighted by Gasteiger charge is 2.30. The Balaban J connectivity index is 1.78. The van der Waals surface area contributed by atoms with Crippen molar-refractivity contribution in [3.63, 3.8) is 0 Å². The molecule has 2 fully saturated rings. The molecule has 0 amide bonds. The van der Waals surface area contributed by atoms with Crippen LogP contribution in [0.15, 0.2) is 0 Å². The summed E-state index contributed by atoms with van der Waals surface area (Å²) < 4.78 is 0. The first-order chi connectivity index (χ1) is 8.33. The van der Waals surface area contributed by atoms with Gasteiger partial charge < -0.3 is 11.5 Å². The van der Waals surface area contributed by atoms with E-state index in [1.165, 1.54) is 57.8 Å². The van der Waals surface area contributed by atoms with Gasteiger partial charge in [0.05, 0.1) is 0 Å². The molecule has 0 aliphatic heterocycles. The maximum atomic E-state index is 5.80. The second-order valence-electron chi connectivity index (χ2n) is 6.40. The van der Waals surface area contributed by atoms with Crippen LogP contribution in [0.3, 0.4) is 0 Å². The summed E-state index contributed by atoms with van der Waals surface area (Å²) in [6, 6.07) is 0. The average molecular weight is 238 g/mol. The predicted molar refractivity (Wildman–Crippen MR) is 73.6 cm³/mol. The lowest BCUT2D eigenvalue weighted by molar-refractivity contribution is 0.242. The predicted octanol–water partition coefficient (Wildman–Crippen LogP) is 2.91. The van der Waals surface area contributed by atoms with Crippen LogP contribution in [0.25, 0.3) is 0 Å². The van der Waals surface area contributed by atoms with Crippen molar-refractivity contribution in [3.05, 3.63) is 0 Å². The molecule has 2 unspecified atom stereocenters. The molecule has 2 nitrogen and oxygen atoms in total. The zero-order chi connectivity index (χ0) is 12.1. The Bertz CT molecular complexity index is 207. The van der Waals surface area contributed by atoms with Crippen LogP contribution in [0.5, 0.6) is 0 Å². The van der Waals surface area contributed by atoms with Crippen LogP contribution in [0.1, 0.15) is 57.8 Å². The highest BCUT2D eigenvalue weighted by atomic mass is 14.6. The molecule has 0 heterocycles. The van der Waals surface area contributed by atoms with Crippen LogP contribution in [0.4, 0.5) is 0 Å². The summed E-state index contributed by atoms with van der Waals surface area (Å²) in [6.07, 6.45) is 12.8. The van der Waals surface area contributed by atoms with Gasteiger partial charge in [-0.25, -0.2) is 0 Å². The first-order valence-corrected chi connectivity index (χ1v) is 7.73. The van der Waals surface area contributed by atoms with Gasteiger partial charge in [0.2, 0.25) is 0 Å². The van der Waals surface area contributed by atoms with Crippen LogP contribution in [0, 0.1) is 23.7 Å². The Kier molecular flexibility index (Phi) is 5.30. The van der Waals surface area contributed by atoms with Crippen molar-refractivity contribution in [3.8, 4) is 0 Å². The Morgan fingerprint density at radius 3 is 1.82 bits per heavy atom. The van der Waals surface area contributed by atoms with Gasteiger partial charge in [0.1, 0.15) is 0 Å². The Morgan fingerprint density at radius 2 is 1.29 bits per heavy atom. The number of nitrogens with two attached hydrogens (primary N) is 2. The second kappa shape index (κ2) is 6.75. The summed E-state index contributed by atoms with van der Waals surface area (Å²) in [6.45, 7) is 1.82. The molecule has 0 aromatic heterocycles. The van der Waals surface area contributed by atoms with E-state index >= 15 is 0 Å². The maximum absolute atomic E-state index is 5.80. The van der Waals surface area contributed by atoms with E-state index < -0.39 is 0 Å². The molecule has 0 radical (unpaired) electrons.